The zero-order valence-corrected chi connectivity index (χ0v) is 7.02. The van der Waals surface area contributed by atoms with E-state index in [2.05, 4.69) is 0 Å². The van der Waals surface area contributed by atoms with Crippen LogP contribution in [0.4, 0.5) is 0 Å². The highest BCUT2D eigenvalue weighted by molar-refractivity contribution is 5.15. The molecule has 2 bridgehead atoms. The van der Waals surface area contributed by atoms with Crippen molar-refractivity contribution in [3.05, 3.63) is 0 Å². The minimum absolute atomic E-state index is 0.0325. The molecule has 0 radical (unpaired) electrons. The molecule has 7 atom stereocenters. The van der Waals surface area contributed by atoms with E-state index in [1.807, 2.05) is 0 Å². The van der Waals surface area contributed by atoms with Crippen LogP contribution < -0.4 is 0 Å². The van der Waals surface area contributed by atoms with Gasteiger partial charge in [-0.15, -0.1) is 0 Å². The summed E-state index contributed by atoms with van der Waals surface area (Å²) >= 11 is 0. The van der Waals surface area contributed by atoms with Gasteiger partial charge in [0, 0.05) is 0 Å². The summed E-state index contributed by atoms with van der Waals surface area (Å²) in [6, 6.07) is 0. The largest absolute Gasteiger partial charge is 0.393 e. The first kappa shape index (κ1) is 6.39. The molecule has 4 aliphatic rings. The van der Waals surface area contributed by atoms with Crippen LogP contribution in [0.5, 0.6) is 0 Å². The van der Waals surface area contributed by atoms with Gasteiger partial charge in [-0.25, -0.2) is 0 Å². The molecular weight excluding hydrogens is 152 g/mol. The maximum Gasteiger partial charge on any atom is 0.0876 e. The quantitative estimate of drug-likeness (QED) is 0.540. The van der Waals surface area contributed by atoms with Crippen molar-refractivity contribution in [2.24, 2.45) is 23.7 Å². The van der Waals surface area contributed by atoms with Crippen LogP contribution in [-0.4, -0.2) is 23.4 Å². The molecule has 1 saturated heterocycles. The molecule has 1 aliphatic heterocycles. The van der Waals surface area contributed by atoms with Gasteiger partial charge in [0.1, 0.15) is 0 Å². The average Bonchev–Trinajstić information content (AvgIpc) is 2.47. The molecule has 3 saturated carbocycles. The molecule has 3 aliphatic carbocycles. The van der Waals surface area contributed by atoms with E-state index in [1.165, 1.54) is 19.3 Å². The van der Waals surface area contributed by atoms with Crippen molar-refractivity contribution < 1.29 is 9.84 Å². The lowest BCUT2D eigenvalue weighted by atomic mass is 9.81. The number of aliphatic hydroxyl groups excluding tert-OH is 1. The van der Waals surface area contributed by atoms with E-state index in [1.54, 1.807) is 0 Å². The van der Waals surface area contributed by atoms with Crippen LogP contribution in [0.15, 0.2) is 0 Å². The van der Waals surface area contributed by atoms with Crippen molar-refractivity contribution in [1.29, 1.82) is 0 Å². The van der Waals surface area contributed by atoms with Crippen molar-refractivity contribution in [2.75, 3.05) is 0 Å². The SMILES string of the molecule is OC1C2CCC1C1C2CC2OC21. The fraction of sp³-hybridized carbons (Fsp3) is 1.00. The zero-order valence-electron chi connectivity index (χ0n) is 7.02. The molecule has 12 heavy (non-hydrogen) atoms. The van der Waals surface area contributed by atoms with Crippen molar-refractivity contribution in [3.63, 3.8) is 0 Å². The summed E-state index contributed by atoms with van der Waals surface area (Å²) in [5, 5.41) is 9.92. The van der Waals surface area contributed by atoms with Crippen LogP contribution in [-0.2, 0) is 4.74 Å². The minimum atomic E-state index is 0.0325. The first-order valence-electron chi connectivity index (χ1n) is 5.20. The van der Waals surface area contributed by atoms with Crippen LogP contribution in [0, 0.1) is 23.7 Å². The van der Waals surface area contributed by atoms with Crippen molar-refractivity contribution >= 4 is 0 Å². The third kappa shape index (κ3) is 0.521. The number of rotatable bonds is 0. The van der Waals surface area contributed by atoms with E-state index in [4.69, 9.17) is 4.74 Å². The monoisotopic (exact) mass is 166 g/mol. The number of ether oxygens (including phenoxy) is 1. The number of hydrogen-bond donors (Lipinski definition) is 1. The number of hydrogen-bond acceptors (Lipinski definition) is 2. The van der Waals surface area contributed by atoms with E-state index in [9.17, 15) is 5.11 Å². The molecular formula is C10H14O2. The second kappa shape index (κ2) is 1.73. The molecule has 0 aromatic rings. The number of aliphatic hydroxyl groups is 1. The van der Waals surface area contributed by atoms with Gasteiger partial charge < -0.3 is 9.84 Å². The van der Waals surface area contributed by atoms with Gasteiger partial charge in [0.2, 0.25) is 0 Å². The maximum atomic E-state index is 9.92. The Morgan fingerprint density at radius 3 is 2.75 bits per heavy atom. The Bertz CT molecular complexity index is 238. The van der Waals surface area contributed by atoms with Gasteiger partial charge in [-0.2, -0.15) is 0 Å². The summed E-state index contributed by atoms with van der Waals surface area (Å²) in [7, 11) is 0. The predicted octanol–water partition coefficient (Wildman–Crippen LogP) is 0.791. The van der Waals surface area contributed by atoms with Crippen LogP contribution >= 0.6 is 0 Å². The summed E-state index contributed by atoms with van der Waals surface area (Å²) in [5.74, 6) is 2.85. The van der Waals surface area contributed by atoms with Gasteiger partial charge in [0.25, 0.3) is 0 Å². The number of epoxide rings is 1. The Morgan fingerprint density at radius 2 is 1.92 bits per heavy atom. The first-order chi connectivity index (χ1) is 5.86. The highest BCUT2D eigenvalue weighted by atomic mass is 16.6. The standard InChI is InChI=1S/C10H14O2/c11-9-4-1-2-5(9)8-6(4)3-7-10(8)12-7/h4-11H,1-3H2. The van der Waals surface area contributed by atoms with Gasteiger partial charge >= 0.3 is 0 Å². The fourth-order valence-electron chi connectivity index (χ4n) is 4.31. The Hall–Kier alpha value is -0.0800. The number of fused-ring (bicyclic) bond motifs is 7. The molecule has 0 amide bonds. The highest BCUT2D eigenvalue weighted by Crippen LogP contribution is 2.64. The van der Waals surface area contributed by atoms with E-state index in [0.29, 0.717) is 24.0 Å². The summed E-state index contributed by atoms with van der Waals surface area (Å²) in [6.07, 6.45) is 5.01. The van der Waals surface area contributed by atoms with Gasteiger partial charge in [0.15, 0.2) is 0 Å². The third-order valence-corrected chi connectivity index (χ3v) is 4.75. The minimum Gasteiger partial charge on any atom is -0.393 e. The maximum absolute atomic E-state index is 9.92. The Kier molecular flexibility index (Phi) is 0.921. The van der Waals surface area contributed by atoms with Gasteiger partial charge in [-0.3, -0.25) is 0 Å². The van der Waals surface area contributed by atoms with Crippen LogP contribution in [0.2, 0.25) is 0 Å². The Morgan fingerprint density at radius 1 is 1.08 bits per heavy atom. The molecule has 7 unspecified atom stereocenters. The molecule has 66 valence electrons. The lowest BCUT2D eigenvalue weighted by Gasteiger charge is -2.25. The van der Waals surface area contributed by atoms with Crippen molar-refractivity contribution in [2.45, 2.75) is 37.6 Å². The fourth-order valence-corrected chi connectivity index (χ4v) is 4.31. The summed E-state index contributed by atoms with van der Waals surface area (Å²) in [6.45, 7) is 0. The van der Waals surface area contributed by atoms with E-state index < -0.39 is 0 Å². The summed E-state index contributed by atoms with van der Waals surface area (Å²) in [4.78, 5) is 0. The van der Waals surface area contributed by atoms with Gasteiger partial charge in [0.05, 0.1) is 18.3 Å². The molecule has 1 heterocycles. The molecule has 0 spiro atoms. The van der Waals surface area contributed by atoms with Crippen LogP contribution in [0.25, 0.3) is 0 Å². The van der Waals surface area contributed by atoms with Gasteiger partial charge in [-0.05, 0) is 42.9 Å². The topological polar surface area (TPSA) is 32.8 Å². The average molecular weight is 166 g/mol. The Balaban J connectivity index is 1.76. The molecule has 2 heteroatoms. The lowest BCUT2D eigenvalue weighted by Crippen LogP contribution is -2.22. The summed E-state index contributed by atoms with van der Waals surface area (Å²) in [5.41, 5.74) is 0. The smallest absolute Gasteiger partial charge is 0.0876 e. The molecule has 0 aromatic carbocycles. The van der Waals surface area contributed by atoms with E-state index in [-0.39, 0.29) is 6.10 Å². The lowest BCUT2D eigenvalue weighted by molar-refractivity contribution is 0.115. The van der Waals surface area contributed by atoms with Crippen molar-refractivity contribution in [3.8, 4) is 0 Å². The molecule has 4 fully saturated rings. The van der Waals surface area contributed by atoms with Crippen LogP contribution in [0.3, 0.4) is 0 Å². The third-order valence-electron chi connectivity index (χ3n) is 4.75. The van der Waals surface area contributed by atoms with E-state index >= 15 is 0 Å². The molecule has 0 aromatic heterocycles. The second-order valence-electron chi connectivity index (χ2n) is 5.01. The normalized spacial score (nSPS) is 71.2. The Labute approximate surface area is 71.9 Å². The molecule has 1 N–H and O–H groups in total. The van der Waals surface area contributed by atoms with Crippen LogP contribution in [0.1, 0.15) is 19.3 Å². The molecule has 4 rings (SSSR count). The first-order valence-corrected chi connectivity index (χ1v) is 5.20. The second-order valence-corrected chi connectivity index (χ2v) is 5.01. The molecule has 2 nitrogen and oxygen atoms in total. The van der Waals surface area contributed by atoms with Crippen molar-refractivity contribution in [1.82, 2.24) is 0 Å². The van der Waals surface area contributed by atoms with E-state index in [0.717, 1.165) is 11.8 Å². The zero-order chi connectivity index (χ0) is 7.87. The summed E-state index contributed by atoms with van der Waals surface area (Å²) < 4.78 is 5.56. The predicted molar refractivity (Wildman–Crippen MR) is 42.5 cm³/mol. The highest BCUT2D eigenvalue weighted by Gasteiger charge is 2.67. The van der Waals surface area contributed by atoms with Gasteiger partial charge in [-0.1, -0.05) is 0 Å².